The summed E-state index contributed by atoms with van der Waals surface area (Å²) in [4.78, 5) is 11.4. The van der Waals surface area contributed by atoms with E-state index in [4.69, 9.17) is 4.74 Å². The molecule has 1 aromatic carbocycles. The van der Waals surface area contributed by atoms with Gasteiger partial charge < -0.3 is 4.74 Å². The highest BCUT2D eigenvalue weighted by atomic mass is 19.1. The van der Waals surface area contributed by atoms with Gasteiger partial charge in [-0.25, -0.2) is 9.18 Å². The summed E-state index contributed by atoms with van der Waals surface area (Å²) < 4.78 is 17.5. The van der Waals surface area contributed by atoms with Gasteiger partial charge >= 0.3 is 5.97 Å². The molecule has 1 rings (SSSR count). The highest BCUT2D eigenvalue weighted by molar-refractivity contribution is 5.89. The van der Waals surface area contributed by atoms with Crippen LogP contribution in [0.3, 0.4) is 0 Å². The first kappa shape index (κ1) is 10.7. The Balaban J connectivity index is 2.65. The third kappa shape index (κ3) is 2.83. The molecule has 0 aliphatic carbocycles. The van der Waals surface area contributed by atoms with Crippen LogP contribution in [0.5, 0.6) is 0 Å². The maximum absolute atomic E-state index is 12.5. The van der Waals surface area contributed by atoms with Crippen molar-refractivity contribution in [3.05, 3.63) is 42.1 Å². The summed E-state index contributed by atoms with van der Waals surface area (Å²) in [6.07, 6.45) is 1.54. The van der Waals surface area contributed by atoms with Gasteiger partial charge in [-0.1, -0.05) is 6.92 Å². The number of hydrogen-bond acceptors (Lipinski definition) is 2. The summed E-state index contributed by atoms with van der Waals surface area (Å²) in [7, 11) is 0. The molecule has 0 aromatic heterocycles. The molecule has 0 unspecified atom stereocenters. The van der Waals surface area contributed by atoms with E-state index in [-0.39, 0.29) is 11.9 Å². The zero-order chi connectivity index (χ0) is 10.6. The Morgan fingerprint density at radius 2 is 2.00 bits per heavy atom. The standard InChI is InChI=1S/C11H12FO2/c1-3-8(2)14-11(13)9-4-6-10(12)7-5-9/h3-8H,1-2H3/t8-/m1/s1. The van der Waals surface area contributed by atoms with Crippen LogP contribution in [-0.4, -0.2) is 12.1 Å². The minimum absolute atomic E-state index is 0.229. The predicted octanol–water partition coefficient (Wildman–Crippen LogP) is 2.60. The van der Waals surface area contributed by atoms with Gasteiger partial charge in [0.15, 0.2) is 0 Å². The molecule has 0 aliphatic rings. The molecule has 0 saturated carbocycles. The second kappa shape index (κ2) is 4.74. The van der Waals surface area contributed by atoms with Crippen LogP contribution in [-0.2, 0) is 4.74 Å². The first-order valence-corrected chi connectivity index (χ1v) is 4.39. The normalized spacial score (nSPS) is 12.2. The van der Waals surface area contributed by atoms with Gasteiger partial charge in [-0.2, -0.15) is 0 Å². The van der Waals surface area contributed by atoms with E-state index in [1.54, 1.807) is 13.3 Å². The van der Waals surface area contributed by atoms with Crippen LogP contribution >= 0.6 is 0 Å². The second-order valence-electron chi connectivity index (χ2n) is 2.95. The predicted molar refractivity (Wildman–Crippen MR) is 51.3 cm³/mol. The molecule has 2 nitrogen and oxygen atoms in total. The lowest BCUT2D eigenvalue weighted by atomic mass is 10.2. The summed E-state index contributed by atoms with van der Waals surface area (Å²) in [6, 6.07) is 5.27. The van der Waals surface area contributed by atoms with E-state index in [2.05, 4.69) is 0 Å². The van der Waals surface area contributed by atoms with Gasteiger partial charge in [-0.3, -0.25) is 0 Å². The lowest BCUT2D eigenvalue weighted by Gasteiger charge is -2.10. The first-order chi connectivity index (χ1) is 6.63. The average Bonchev–Trinajstić information content (AvgIpc) is 2.18. The molecule has 0 bridgehead atoms. The maximum Gasteiger partial charge on any atom is 0.338 e. The van der Waals surface area contributed by atoms with Crippen LogP contribution in [0.4, 0.5) is 4.39 Å². The van der Waals surface area contributed by atoms with Gasteiger partial charge in [0.1, 0.15) is 11.9 Å². The minimum atomic E-state index is -0.435. The van der Waals surface area contributed by atoms with E-state index in [0.717, 1.165) is 0 Å². The molecule has 0 heterocycles. The van der Waals surface area contributed by atoms with Gasteiger partial charge in [0, 0.05) is 0 Å². The van der Waals surface area contributed by atoms with Crippen LogP contribution in [0.2, 0.25) is 0 Å². The molecule has 1 radical (unpaired) electrons. The van der Waals surface area contributed by atoms with E-state index < -0.39 is 5.97 Å². The Hall–Kier alpha value is -1.38. The number of esters is 1. The highest BCUT2D eigenvalue weighted by Gasteiger charge is 2.10. The van der Waals surface area contributed by atoms with Crippen LogP contribution in [0, 0.1) is 12.2 Å². The summed E-state index contributed by atoms with van der Waals surface area (Å²) in [5, 5.41) is 0. The summed E-state index contributed by atoms with van der Waals surface area (Å²) in [5.41, 5.74) is 0.361. The topological polar surface area (TPSA) is 26.3 Å². The van der Waals surface area contributed by atoms with E-state index in [0.29, 0.717) is 5.56 Å². The van der Waals surface area contributed by atoms with E-state index >= 15 is 0 Å². The van der Waals surface area contributed by atoms with E-state index in [1.165, 1.54) is 24.3 Å². The zero-order valence-electron chi connectivity index (χ0n) is 8.16. The highest BCUT2D eigenvalue weighted by Crippen LogP contribution is 2.06. The molecule has 3 heteroatoms. The van der Waals surface area contributed by atoms with Gasteiger partial charge in [0.2, 0.25) is 0 Å². The SMILES string of the molecule is C[CH][C@@H](C)OC(=O)c1ccc(F)cc1. The smallest absolute Gasteiger partial charge is 0.338 e. The van der Waals surface area contributed by atoms with Crippen molar-refractivity contribution in [3.63, 3.8) is 0 Å². The summed E-state index contributed by atoms with van der Waals surface area (Å²) >= 11 is 0. The quantitative estimate of drug-likeness (QED) is 0.693. The number of ether oxygens (including phenoxy) is 1. The molecule has 0 spiro atoms. The van der Waals surface area contributed by atoms with Crippen molar-refractivity contribution in [3.8, 4) is 0 Å². The fourth-order valence-electron chi connectivity index (χ4n) is 0.891. The molecular formula is C11H12FO2. The van der Waals surface area contributed by atoms with Crippen LogP contribution in [0.25, 0.3) is 0 Å². The van der Waals surface area contributed by atoms with E-state index in [1.807, 2.05) is 6.92 Å². The Kier molecular flexibility index (Phi) is 3.63. The molecule has 0 saturated heterocycles. The fraction of sp³-hybridized carbons (Fsp3) is 0.273. The number of hydrogen-bond donors (Lipinski definition) is 0. The molecule has 0 aliphatic heterocycles. The van der Waals surface area contributed by atoms with Crippen molar-refractivity contribution in [2.75, 3.05) is 0 Å². The summed E-state index contributed by atoms with van der Waals surface area (Å²) in [5.74, 6) is -0.799. The molecular weight excluding hydrogens is 183 g/mol. The molecule has 0 N–H and O–H groups in total. The Bertz CT molecular complexity index is 306. The number of rotatable bonds is 3. The van der Waals surface area contributed by atoms with Gasteiger partial charge in [0.25, 0.3) is 0 Å². The molecule has 1 aromatic rings. The van der Waals surface area contributed by atoms with Crippen molar-refractivity contribution < 1.29 is 13.9 Å². The van der Waals surface area contributed by atoms with Crippen LogP contribution in [0.1, 0.15) is 24.2 Å². The number of carbonyl (C=O) groups is 1. The van der Waals surface area contributed by atoms with E-state index in [9.17, 15) is 9.18 Å². The lowest BCUT2D eigenvalue weighted by molar-refractivity contribution is 0.0400. The Morgan fingerprint density at radius 1 is 1.43 bits per heavy atom. The van der Waals surface area contributed by atoms with Gasteiger partial charge in [-0.05, 0) is 37.6 Å². The van der Waals surface area contributed by atoms with Crippen LogP contribution < -0.4 is 0 Å². The van der Waals surface area contributed by atoms with Crippen molar-refractivity contribution in [1.29, 1.82) is 0 Å². The largest absolute Gasteiger partial charge is 0.459 e. The van der Waals surface area contributed by atoms with Crippen molar-refractivity contribution in [2.24, 2.45) is 0 Å². The van der Waals surface area contributed by atoms with Gasteiger partial charge in [0.05, 0.1) is 5.56 Å². The minimum Gasteiger partial charge on any atom is -0.459 e. The molecule has 14 heavy (non-hydrogen) atoms. The monoisotopic (exact) mass is 195 g/mol. The zero-order valence-corrected chi connectivity index (χ0v) is 8.16. The molecule has 0 amide bonds. The number of halogens is 1. The lowest BCUT2D eigenvalue weighted by Crippen LogP contribution is -2.14. The maximum atomic E-state index is 12.5. The number of benzene rings is 1. The first-order valence-electron chi connectivity index (χ1n) is 4.39. The third-order valence-electron chi connectivity index (χ3n) is 1.84. The fourth-order valence-corrected chi connectivity index (χ4v) is 0.891. The van der Waals surface area contributed by atoms with Crippen LogP contribution in [0.15, 0.2) is 24.3 Å². The molecule has 75 valence electrons. The summed E-state index contributed by atoms with van der Waals surface area (Å²) in [6.45, 7) is 3.57. The third-order valence-corrected chi connectivity index (χ3v) is 1.84. The number of carbonyl (C=O) groups excluding carboxylic acids is 1. The second-order valence-corrected chi connectivity index (χ2v) is 2.95. The Labute approximate surface area is 82.7 Å². The van der Waals surface area contributed by atoms with Crippen molar-refractivity contribution in [2.45, 2.75) is 20.0 Å². The molecule has 0 fully saturated rings. The Morgan fingerprint density at radius 3 is 2.50 bits per heavy atom. The van der Waals surface area contributed by atoms with Crippen molar-refractivity contribution in [1.82, 2.24) is 0 Å². The average molecular weight is 195 g/mol. The molecule has 1 atom stereocenters. The van der Waals surface area contributed by atoms with Gasteiger partial charge in [-0.15, -0.1) is 0 Å². The van der Waals surface area contributed by atoms with Crippen molar-refractivity contribution >= 4 is 5.97 Å².